The number of hydrogen-bond acceptors (Lipinski definition) is 5. The van der Waals surface area contributed by atoms with Crippen LogP contribution in [0, 0.1) is 0 Å². The summed E-state index contributed by atoms with van der Waals surface area (Å²) in [6.07, 6.45) is 5.07. The Morgan fingerprint density at radius 3 is 2.72 bits per heavy atom. The summed E-state index contributed by atoms with van der Waals surface area (Å²) in [6, 6.07) is 9.99. The lowest BCUT2D eigenvalue weighted by Crippen LogP contribution is -2.60. The fourth-order valence-corrected chi connectivity index (χ4v) is 5.30. The number of rotatable bonds is 2. The molecule has 2 unspecified atom stereocenters. The number of fused-ring (bicyclic) bond motifs is 2. The van der Waals surface area contributed by atoms with Gasteiger partial charge in [0.05, 0.1) is 17.9 Å². The first-order valence-corrected chi connectivity index (χ1v) is 10.3. The van der Waals surface area contributed by atoms with Crippen molar-refractivity contribution >= 4 is 68.3 Å². The monoisotopic (exact) mass is 442 g/mol. The highest BCUT2D eigenvalue weighted by Crippen LogP contribution is 2.44. The number of nitrogens with zero attached hydrogens (tertiary/aromatic N) is 3. The third kappa shape index (κ3) is 3.06. The van der Waals surface area contributed by atoms with E-state index in [1.807, 2.05) is 30.3 Å². The van der Waals surface area contributed by atoms with Crippen LogP contribution < -0.4 is 10.2 Å². The lowest BCUT2D eigenvalue weighted by Gasteiger charge is -2.33. The molecule has 0 saturated carbocycles. The van der Waals surface area contributed by atoms with E-state index < -0.39 is 17.3 Å². The van der Waals surface area contributed by atoms with Gasteiger partial charge in [-0.05, 0) is 18.2 Å². The van der Waals surface area contributed by atoms with Gasteiger partial charge in [-0.3, -0.25) is 9.78 Å². The third-order valence-corrected chi connectivity index (χ3v) is 6.69. The summed E-state index contributed by atoms with van der Waals surface area (Å²) >= 11 is 13.4. The molecule has 2 atom stereocenters. The number of hydrogen-bond donors (Lipinski definition) is 1. The van der Waals surface area contributed by atoms with Gasteiger partial charge in [-0.2, -0.15) is 0 Å². The van der Waals surface area contributed by atoms with Crippen molar-refractivity contribution in [1.29, 1.82) is 0 Å². The first-order chi connectivity index (χ1) is 14.0. The van der Waals surface area contributed by atoms with Crippen LogP contribution in [0.5, 0.6) is 0 Å². The number of anilines is 1. The largest absolute Gasteiger partial charge is 0.329 e. The molecule has 6 nitrogen and oxygen atoms in total. The Hall–Kier alpha value is -2.61. The predicted molar refractivity (Wildman–Crippen MR) is 115 cm³/mol. The summed E-state index contributed by atoms with van der Waals surface area (Å²) in [4.78, 5) is 36.3. The Bertz CT molecular complexity index is 1210. The van der Waals surface area contributed by atoms with Gasteiger partial charge in [0.2, 0.25) is 0 Å². The molecule has 9 heteroatoms. The summed E-state index contributed by atoms with van der Waals surface area (Å²) in [5.41, 5.74) is 1.14. The molecule has 0 radical (unpaired) electrons. The zero-order chi connectivity index (χ0) is 20.1. The van der Waals surface area contributed by atoms with E-state index in [0.717, 1.165) is 15.7 Å². The average molecular weight is 443 g/mol. The Balaban J connectivity index is 1.51. The number of pyridine rings is 2. The first kappa shape index (κ1) is 18.4. The molecule has 144 valence electrons. The summed E-state index contributed by atoms with van der Waals surface area (Å²) in [5, 5.41) is 4.58. The molecule has 2 aliphatic rings. The number of thioether (sulfide) groups is 1. The summed E-state index contributed by atoms with van der Waals surface area (Å²) in [6.45, 7) is 0. The average Bonchev–Trinajstić information content (AvgIpc) is 3.12. The van der Waals surface area contributed by atoms with Crippen molar-refractivity contribution < 1.29 is 9.59 Å². The highest BCUT2D eigenvalue weighted by molar-refractivity contribution is 8.09. The van der Waals surface area contributed by atoms with Crippen LogP contribution in [0.1, 0.15) is 5.56 Å². The molecule has 0 bridgehead atoms. The Morgan fingerprint density at radius 2 is 1.90 bits per heavy atom. The summed E-state index contributed by atoms with van der Waals surface area (Å²) < 4.78 is 0. The van der Waals surface area contributed by atoms with E-state index in [1.54, 1.807) is 18.3 Å². The topological polar surface area (TPSA) is 75.2 Å². The molecule has 1 aromatic carbocycles. The van der Waals surface area contributed by atoms with Gasteiger partial charge >= 0.3 is 6.03 Å². The van der Waals surface area contributed by atoms with Crippen molar-refractivity contribution in [3.63, 3.8) is 0 Å². The van der Waals surface area contributed by atoms with Gasteiger partial charge in [-0.25, -0.2) is 14.7 Å². The summed E-state index contributed by atoms with van der Waals surface area (Å²) in [5.74, 6) is -0.300. The fraction of sp³-hybridized carbons (Fsp3) is 0.100. The standard InChI is InChI=1S/C20H12Cl2N4O2S/c21-16-6-5-12(18(22)25-16)15-7-13-17(29-15)19(27)26(20(28)24-13)14-9-23-8-10-3-1-2-4-11(10)14/h1-9,13,17H,(H,24,28). The number of urea groups is 1. The number of halogens is 2. The molecule has 29 heavy (non-hydrogen) atoms. The number of imide groups is 1. The van der Waals surface area contributed by atoms with Crippen molar-refractivity contribution in [2.45, 2.75) is 11.3 Å². The van der Waals surface area contributed by atoms with Crippen LogP contribution in [0.3, 0.4) is 0 Å². The number of amides is 3. The van der Waals surface area contributed by atoms with E-state index in [4.69, 9.17) is 23.2 Å². The van der Waals surface area contributed by atoms with E-state index in [-0.39, 0.29) is 11.1 Å². The van der Waals surface area contributed by atoms with E-state index >= 15 is 0 Å². The highest BCUT2D eigenvalue weighted by atomic mass is 35.5. The van der Waals surface area contributed by atoms with Crippen molar-refractivity contribution in [3.05, 3.63) is 70.7 Å². The van der Waals surface area contributed by atoms with Crippen LogP contribution in [0.4, 0.5) is 10.5 Å². The minimum absolute atomic E-state index is 0.254. The van der Waals surface area contributed by atoms with Gasteiger partial charge in [-0.15, -0.1) is 11.8 Å². The predicted octanol–water partition coefficient (Wildman–Crippen LogP) is 4.52. The van der Waals surface area contributed by atoms with Gasteiger partial charge in [0.25, 0.3) is 5.91 Å². The SMILES string of the molecule is O=C1NC2C=C(c3ccc(Cl)nc3Cl)SC2C(=O)N1c1cncc2ccccc12. The van der Waals surface area contributed by atoms with Crippen molar-refractivity contribution in [1.82, 2.24) is 15.3 Å². The van der Waals surface area contributed by atoms with E-state index in [9.17, 15) is 9.59 Å². The van der Waals surface area contributed by atoms with Crippen LogP contribution in [0.25, 0.3) is 15.7 Å². The zero-order valence-corrected chi connectivity index (χ0v) is 17.0. The van der Waals surface area contributed by atoms with Crippen molar-refractivity contribution in [3.8, 4) is 0 Å². The molecule has 3 amide bonds. The van der Waals surface area contributed by atoms with Crippen LogP contribution in [0.15, 0.2) is 54.9 Å². The minimum atomic E-state index is -0.506. The van der Waals surface area contributed by atoms with Crippen molar-refractivity contribution in [2.75, 3.05) is 4.90 Å². The Morgan fingerprint density at radius 1 is 1.07 bits per heavy atom. The molecule has 4 heterocycles. The summed E-state index contributed by atoms with van der Waals surface area (Å²) in [7, 11) is 0. The minimum Gasteiger partial charge on any atom is -0.329 e. The smallest absolute Gasteiger partial charge is 0.329 e. The molecule has 5 rings (SSSR count). The quantitative estimate of drug-likeness (QED) is 0.590. The second-order valence-corrected chi connectivity index (χ2v) is 8.50. The molecular formula is C20H12Cl2N4O2S. The van der Waals surface area contributed by atoms with Gasteiger partial charge in [0, 0.05) is 27.4 Å². The van der Waals surface area contributed by atoms with E-state index in [0.29, 0.717) is 16.4 Å². The normalized spacial score (nSPS) is 21.2. The van der Waals surface area contributed by atoms with Gasteiger partial charge < -0.3 is 5.32 Å². The van der Waals surface area contributed by atoms with Gasteiger partial charge in [0.15, 0.2) is 0 Å². The lowest BCUT2D eigenvalue weighted by atomic mass is 10.1. The number of aromatic nitrogens is 2. The molecule has 0 spiro atoms. The number of benzene rings is 1. The molecular weight excluding hydrogens is 431 g/mol. The maximum atomic E-state index is 13.3. The van der Waals surface area contributed by atoms with Crippen LogP contribution in [0.2, 0.25) is 10.3 Å². The fourth-order valence-electron chi connectivity index (χ4n) is 3.51. The molecule has 3 aromatic rings. The molecule has 1 fully saturated rings. The van der Waals surface area contributed by atoms with Crippen LogP contribution >= 0.6 is 35.0 Å². The Labute approximate surface area is 179 Å². The van der Waals surface area contributed by atoms with Gasteiger partial charge in [0.1, 0.15) is 15.6 Å². The van der Waals surface area contributed by atoms with Crippen LogP contribution in [-0.4, -0.2) is 33.2 Å². The lowest BCUT2D eigenvalue weighted by molar-refractivity contribution is -0.118. The van der Waals surface area contributed by atoms with Gasteiger partial charge in [-0.1, -0.05) is 47.5 Å². The molecule has 1 N–H and O–H groups in total. The molecule has 2 aliphatic heterocycles. The maximum absolute atomic E-state index is 13.3. The number of nitrogens with one attached hydrogen (secondary N) is 1. The third-order valence-electron chi connectivity index (χ3n) is 4.84. The number of carbonyl (C=O) groups excluding carboxylic acids is 2. The molecule has 1 saturated heterocycles. The molecule has 0 aliphatic carbocycles. The second kappa shape index (κ2) is 7.02. The van der Waals surface area contributed by atoms with Crippen molar-refractivity contribution in [2.24, 2.45) is 0 Å². The highest BCUT2D eigenvalue weighted by Gasteiger charge is 2.45. The zero-order valence-electron chi connectivity index (χ0n) is 14.7. The van der Waals surface area contributed by atoms with E-state index in [2.05, 4.69) is 15.3 Å². The number of carbonyl (C=O) groups is 2. The van der Waals surface area contributed by atoms with E-state index in [1.165, 1.54) is 22.9 Å². The maximum Gasteiger partial charge on any atom is 0.329 e. The van der Waals surface area contributed by atoms with Crippen LogP contribution in [-0.2, 0) is 4.79 Å². The Kier molecular flexibility index (Phi) is 4.46. The second-order valence-electron chi connectivity index (χ2n) is 6.57. The first-order valence-electron chi connectivity index (χ1n) is 8.71. The molecule has 2 aromatic heterocycles.